The molecule has 4 rings (SSSR count). The van der Waals surface area contributed by atoms with Gasteiger partial charge < -0.3 is 9.47 Å². The van der Waals surface area contributed by atoms with Crippen LogP contribution in [0.3, 0.4) is 0 Å². The maximum atomic E-state index is 12.5. The summed E-state index contributed by atoms with van der Waals surface area (Å²) in [6.45, 7) is 2.07. The molecule has 8 heteroatoms. The van der Waals surface area contributed by atoms with Crippen molar-refractivity contribution in [2.45, 2.75) is 18.9 Å². The minimum Gasteiger partial charge on any atom is -0.348 e. The number of likely N-dealkylation sites (tertiary alicyclic amines) is 1. The number of nitrogens with zero attached hydrogens (tertiary/aromatic N) is 2. The number of halogens is 2. The number of pyridine rings is 1. The Morgan fingerprint density at radius 2 is 1.96 bits per heavy atom. The third-order valence-electron chi connectivity index (χ3n) is 5.16. The summed E-state index contributed by atoms with van der Waals surface area (Å²) in [6, 6.07) is 10.1. The number of hydrogen-bond acceptors (Lipinski definition) is 3. The summed E-state index contributed by atoms with van der Waals surface area (Å²) in [5.41, 5.74) is 1.42. The average Bonchev–Trinajstić information content (AvgIpc) is 2.62. The molecule has 1 amide bonds. The van der Waals surface area contributed by atoms with Gasteiger partial charge in [-0.2, -0.15) is 0 Å². The molecule has 1 N–H and O–H groups in total. The molecule has 1 saturated heterocycles. The first-order valence-electron chi connectivity index (χ1n) is 8.67. The Labute approximate surface area is 171 Å². The first kappa shape index (κ1) is 18.5. The molecule has 2 aliphatic rings. The summed E-state index contributed by atoms with van der Waals surface area (Å²) in [4.78, 5) is 26.6. The SMILES string of the molecule is O=C(NC(=S)N1CC2CC(C1)c1cccc(=O)n1C2)c1ccc(Cl)cc1Cl. The lowest BCUT2D eigenvalue weighted by molar-refractivity contribution is 0.0968. The predicted octanol–water partition coefficient (Wildman–Crippen LogP) is 3.29. The number of nitrogens with one attached hydrogen (secondary N) is 1. The van der Waals surface area contributed by atoms with Gasteiger partial charge in [0.15, 0.2) is 5.11 Å². The van der Waals surface area contributed by atoms with Crippen molar-refractivity contribution in [2.75, 3.05) is 13.1 Å². The van der Waals surface area contributed by atoms with Crippen molar-refractivity contribution in [3.8, 4) is 0 Å². The van der Waals surface area contributed by atoms with Crippen molar-refractivity contribution in [3.05, 3.63) is 68.1 Å². The molecule has 0 radical (unpaired) electrons. The highest BCUT2D eigenvalue weighted by Crippen LogP contribution is 2.35. The lowest BCUT2D eigenvalue weighted by Crippen LogP contribution is -2.52. The zero-order chi connectivity index (χ0) is 19.1. The van der Waals surface area contributed by atoms with E-state index in [-0.39, 0.29) is 22.4 Å². The third-order valence-corrected chi connectivity index (χ3v) is 6.07. The first-order chi connectivity index (χ1) is 12.9. The van der Waals surface area contributed by atoms with Crippen LogP contribution in [-0.2, 0) is 6.54 Å². The van der Waals surface area contributed by atoms with Crippen molar-refractivity contribution in [1.82, 2.24) is 14.8 Å². The van der Waals surface area contributed by atoms with Crippen LogP contribution < -0.4 is 10.9 Å². The van der Waals surface area contributed by atoms with Gasteiger partial charge in [-0.05, 0) is 48.8 Å². The number of fused-ring (bicyclic) bond motifs is 4. The average molecular weight is 422 g/mol. The summed E-state index contributed by atoms with van der Waals surface area (Å²) in [6.07, 6.45) is 1.03. The zero-order valence-corrected chi connectivity index (χ0v) is 16.7. The van der Waals surface area contributed by atoms with E-state index < -0.39 is 0 Å². The predicted molar refractivity (Wildman–Crippen MR) is 110 cm³/mol. The second kappa shape index (κ2) is 7.26. The Balaban J connectivity index is 1.49. The zero-order valence-electron chi connectivity index (χ0n) is 14.3. The summed E-state index contributed by atoms with van der Waals surface area (Å²) in [5.74, 6) is 0.194. The molecule has 1 fully saturated rings. The number of carbonyl (C=O) groups excluding carboxylic acids is 1. The Morgan fingerprint density at radius 3 is 2.74 bits per heavy atom. The molecule has 140 valence electrons. The van der Waals surface area contributed by atoms with Crippen LogP contribution in [0.15, 0.2) is 41.2 Å². The molecule has 2 atom stereocenters. The van der Waals surface area contributed by atoms with Crippen LogP contribution in [0.4, 0.5) is 0 Å². The normalized spacial score (nSPS) is 20.7. The van der Waals surface area contributed by atoms with Gasteiger partial charge in [0.05, 0.1) is 10.6 Å². The Morgan fingerprint density at radius 1 is 1.15 bits per heavy atom. The second-order valence-corrected chi connectivity index (χ2v) is 8.22. The maximum Gasteiger partial charge on any atom is 0.258 e. The number of aromatic nitrogens is 1. The molecule has 27 heavy (non-hydrogen) atoms. The fourth-order valence-corrected chi connectivity index (χ4v) is 4.72. The van der Waals surface area contributed by atoms with Crippen molar-refractivity contribution in [1.29, 1.82) is 0 Å². The summed E-state index contributed by atoms with van der Waals surface area (Å²) in [7, 11) is 0. The molecule has 0 spiro atoms. The van der Waals surface area contributed by atoms with Crippen LogP contribution in [0.5, 0.6) is 0 Å². The molecule has 0 saturated carbocycles. The highest BCUT2D eigenvalue weighted by atomic mass is 35.5. The van der Waals surface area contributed by atoms with Crippen molar-refractivity contribution in [2.24, 2.45) is 5.92 Å². The van der Waals surface area contributed by atoms with Gasteiger partial charge in [-0.15, -0.1) is 0 Å². The Kier molecular flexibility index (Phi) is 4.97. The number of piperidine rings is 1. The first-order valence-corrected chi connectivity index (χ1v) is 9.84. The van der Waals surface area contributed by atoms with Crippen molar-refractivity contribution >= 4 is 46.4 Å². The number of carbonyl (C=O) groups is 1. The van der Waals surface area contributed by atoms with E-state index in [1.165, 1.54) is 6.07 Å². The highest BCUT2D eigenvalue weighted by molar-refractivity contribution is 7.80. The molecule has 2 aromatic rings. The lowest BCUT2D eigenvalue weighted by atomic mass is 9.83. The van der Waals surface area contributed by atoms with Gasteiger partial charge >= 0.3 is 0 Å². The van der Waals surface area contributed by atoms with Gasteiger partial charge in [0.2, 0.25) is 0 Å². The number of hydrogen-bond donors (Lipinski definition) is 1. The molecular weight excluding hydrogens is 405 g/mol. The molecule has 1 aromatic heterocycles. The smallest absolute Gasteiger partial charge is 0.258 e. The molecule has 0 aliphatic carbocycles. The fraction of sp³-hybridized carbons (Fsp3) is 0.316. The van der Waals surface area contributed by atoms with Gasteiger partial charge in [0.25, 0.3) is 11.5 Å². The third kappa shape index (κ3) is 3.61. The topological polar surface area (TPSA) is 54.3 Å². The van der Waals surface area contributed by atoms with Crippen molar-refractivity contribution in [3.63, 3.8) is 0 Å². The summed E-state index contributed by atoms with van der Waals surface area (Å²) >= 11 is 17.5. The standard InChI is InChI=1S/C19H17Cl2N3O2S/c20-13-4-5-14(15(21)7-13)18(26)22-19(27)23-8-11-6-12(10-23)16-2-1-3-17(25)24(16)9-11/h1-5,7,11-12H,6,8-10H2,(H,22,26,27). The van der Waals surface area contributed by atoms with Gasteiger partial charge in [-0.1, -0.05) is 29.3 Å². The summed E-state index contributed by atoms with van der Waals surface area (Å²) < 4.78 is 1.87. The Bertz CT molecular complexity index is 991. The van der Waals surface area contributed by atoms with Gasteiger partial charge in [0.1, 0.15) is 0 Å². The van der Waals surface area contributed by atoms with E-state index in [1.54, 1.807) is 24.3 Å². The van der Waals surface area contributed by atoms with Crippen LogP contribution in [0.2, 0.25) is 10.0 Å². The maximum absolute atomic E-state index is 12.5. The largest absolute Gasteiger partial charge is 0.348 e. The number of rotatable bonds is 1. The van der Waals surface area contributed by atoms with Crippen LogP contribution in [-0.4, -0.2) is 33.6 Å². The lowest BCUT2D eigenvalue weighted by Gasteiger charge is -2.43. The molecule has 5 nitrogen and oxygen atoms in total. The van der Waals surface area contributed by atoms with Gasteiger partial charge in [0, 0.05) is 42.3 Å². The molecule has 2 bridgehead atoms. The van der Waals surface area contributed by atoms with E-state index in [1.807, 2.05) is 15.5 Å². The summed E-state index contributed by atoms with van der Waals surface area (Å²) in [5, 5.41) is 3.91. The quantitative estimate of drug-likeness (QED) is 0.717. The van der Waals surface area contributed by atoms with E-state index in [0.29, 0.717) is 41.3 Å². The molecule has 2 aliphatic heterocycles. The monoisotopic (exact) mass is 421 g/mol. The fourth-order valence-electron chi connectivity index (χ4n) is 3.98. The number of thiocarbonyl (C=S) groups is 1. The van der Waals surface area contributed by atoms with Gasteiger partial charge in [-0.25, -0.2) is 0 Å². The molecule has 1 aromatic carbocycles. The van der Waals surface area contributed by atoms with E-state index in [0.717, 1.165) is 12.1 Å². The van der Waals surface area contributed by atoms with E-state index in [4.69, 9.17) is 35.4 Å². The van der Waals surface area contributed by atoms with Crippen LogP contribution in [0.25, 0.3) is 0 Å². The van der Waals surface area contributed by atoms with E-state index >= 15 is 0 Å². The highest BCUT2D eigenvalue weighted by Gasteiger charge is 2.35. The van der Waals surface area contributed by atoms with Crippen LogP contribution in [0, 0.1) is 5.92 Å². The number of benzene rings is 1. The minimum absolute atomic E-state index is 0.0453. The number of amides is 1. The van der Waals surface area contributed by atoms with Gasteiger partial charge in [-0.3, -0.25) is 14.9 Å². The second-order valence-electron chi connectivity index (χ2n) is 6.99. The van der Waals surface area contributed by atoms with Crippen LogP contribution in [0.1, 0.15) is 28.4 Å². The van der Waals surface area contributed by atoms with Crippen LogP contribution >= 0.6 is 35.4 Å². The van der Waals surface area contributed by atoms with Crippen molar-refractivity contribution < 1.29 is 4.79 Å². The van der Waals surface area contributed by atoms with E-state index in [2.05, 4.69) is 5.32 Å². The van der Waals surface area contributed by atoms with E-state index in [9.17, 15) is 9.59 Å². The Hall–Kier alpha value is -1.89. The molecular formula is C19H17Cl2N3O2S. The molecule has 3 heterocycles. The molecule has 2 unspecified atom stereocenters. The minimum atomic E-state index is -0.353.